The van der Waals surface area contributed by atoms with E-state index in [-0.39, 0.29) is 35.8 Å². The zero-order valence-corrected chi connectivity index (χ0v) is 16.3. The first-order chi connectivity index (χ1) is 14.0. The number of nitrogens with two attached hydrogens (primary N) is 1. The maximum atomic E-state index is 12.5. The van der Waals surface area contributed by atoms with Crippen molar-refractivity contribution in [2.75, 3.05) is 13.1 Å². The normalized spacial score (nSPS) is 16.3. The number of hydrogen-bond acceptors (Lipinski definition) is 6. The standard InChI is InChI=1S/C20H28N4O5/c21-9-3-1-2-4-10-22-18(27)13-5-6-15(14(11-13)12-25)19(28)23-16-7-8-17(26)24-20(16)29/h5-6,11,16,25H,1-4,7-10,12,21H2,(H,22,27)(H,23,28)(H,24,26,29). The summed E-state index contributed by atoms with van der Waals surface area (Å²) in [5.74, 6) is -1.75. The summed E-state index contributed by atoms with van der Waals surface area (Å²) >= 11 is 0. The van der Waals surface area contributed by atoms with E-state index < -0.39 is 24.5 Å². The van der Waals surface area contributed by atoms with Crippen LogP contribution >= 0.6 is 0 Å². The Morgan fingerprint density at radius 2 is 1.90 bits per heavy atom. The molecule has 1 aromatic rings. The Bertz CT molecular complexity index is 765. The van der Waals surface area contributed by atoms with Crippen LogP contribution in [0.2, 0.25) is 0 Å². The molecular weight excluding hydrogens is 376 g/mol. The SMILES string of the molecule is NCCCCCCNC(=O)c1ccc(C(=O)NC2CCC(=O)NC2=O)c(CO)c1. The average Bonchev–Trinajstić information content (AvgIpc) is 2.71. The van der Waals surface area contributed by atoms with Gasteiger partial charge in [-0.25, -0.2) is 0 Å². The largest absolute Gasteiger partial charge is 0.392 e. The summed E-state index contributed by atoms with van der Waals surface area (Å²) in [5.41, 5.74) is 6.24. The zero-order valence-electron chi connectivity index (χ0n) is 16.3. The van der Waals surface area contributed by atoms with Crippen LogP contribution in [0.15, 0.2) is 18.2 Å². The van der Waals surface area contributed by atoms with E-state index in [2.05, 4.69) is 16.0 Å². The van der Waals surface area contributed by atoms with Crippen molar-refractivity contribution in [1.82, 2.24) is 16.0 Å². The van der Waals surface area contributed by atoms with E-state index in [0.717, 1.165) is 25.7 Å². The minimum absolute atomic E-state index is 0.148. The number of carbonyl (C=O) groups is 4. The van der Waals surface area contributed by atoms with Gasteiger partial charge in [0.1, 0.15) is 6.04 Å². The average molecular weight is 404 g/mol. The molecule has 9 heteroatoms. The van der Waals surface area contributed by atoms with Crippen molar-refractivity contribution < 1.29 is 24.3 Å². The van der Waals surface area contributed by atoms with E-state index in [4.69, 9.17) is 5.73 Å². The summed E-state index contributed by atoms with van der Waals surface area (Å²) in [6.45, 7) is 0.772. The van der Waals surface area contributed by atoms with Crippen molar-refractivity contribution in [2.45, 2.75) is 51.2 Å². The first-order valence-corrected chi connectivity index (χ1v) is 9.83. The highest BCUT2D eigenvalue weighted by Gasteiger charge is 2.28. The Balaban J connectivity index is 1.95. The van der Waals surface area contributed by atoms with Crippen LogP contribution in [0, 0.1) is 0 Å². The van der Waals surface area contributed by atoms with Crippen molar-refractivity contribution in [3.05, 3.63) is 34.9 Å². The van der Waals surface area contributed by atoms with Crippen LogP contribution in [-0.2, 0) is 16.2 Å². The van der Waals surface area contributed by atoms with E-state index in [1.807, 2.05) is 0 Å². The van der Waals surface area contributed by atoms with Gasteiger partial charge in [-0.3, -0.25) is 24.5 Å². The van der Waals surface area contributed by atoms with Crippen molar-refractivity contribution in [3.63, 3.8) is 0 Å². The molecule has 1 heterocycles. The molecule has 0 spiro atoms. The molecule has 1 aliphatic heterocycles. The minimum Gasteiger partial charge on any atom is -0.392 e. The molecule has 29 heavy (non-hydrogen) atoms. The zero-order chi connectivity index (χ0) is 21.2. The van der Waals surface area contributed by atoms with Gasteiger partial charge in [-0.05, 0) is 49.6 Å². The Hall–Kier alpha value is -2.78. The van der Waals surface area contributed by atoms with Gasteiger partial charge in [0.05, 0.1) is 6.61 Å². The number of amides is 4. The highest BCUT2D eigenvalue weighted by molar-refractivity contribution is 6.04. The van der Waals surface area contributed by atoms with E-state index >= 15 is 0 Å². The van der Waals surface area contributed by atoms with Crippen LogP contribution in [0.5, 0.6) is 0 Å². The molecule has 1 saturated heterocycles. The Labute approximate surface area is 169 Å². The molecule has 6 N–H and O–H groups in total. The summed E-state index contributed by atoms with van der Waals surface area (Å²) < 4.78 is 0. The third-order valence-electron chi connectivity index (χ3n) is 4.74. The van der Waals surface area contributed by atoms with E-state index in [1.54, 1.807) is 0 Å². The second kappa shape index (κ2) is 11.3. The lowest BCUT2D eigenvalue weighted by molar-refractivity contribution is -0.134. The number of benzene rings is 1. The first kappa shape index (κ1) is 22.5. The van der Waals surface area contributed by atoms with Crippen molar-refractivity contribution in [1.29, 1.82) is 0 Å². The summed E-state index contributed by atoms with van der Waals surface area (Å²) in [6.07, 6.45) is 4.20. The van der Waals surface area contributed by atoms with Gasteiger partial charge < -0.3 is 21.5 Å². The predicted octanol–water partition coefficient (Wildman–Crippen LogP) is -0.0372. The predicted molar refractivity (Wildman–Crippen MR) is 106 cm³/mol. The van der Waals surface area contributed by atoms with Gasteiger partial charge in [-0.1, -0.05) is 12.8 Å². The fourth-order valence-corrected chi connectivity index (χ4v) is 3.08. The van der Waals surface area contributed by atoms with Crippen LogP contribution in [0.3, 0.4) is 0 Å². The molecule has 1 aromatic carbocycles. The Morgan fingerprint density at radius 3 is 2.59 bits per heavy atom. The first-order valence-electron chi connectivity index (χ1n) is 9.83. The van der Waals surface area contributed by atoms with Crippen molar-refractivity contribution in [3.8, 4) is 0 Å². The van der Waals surface area contributed by atoms with E-state index in [0.29, 0.717) is 18.7 Å². The molecule has 9 nitrogen and oxygen atoms in total. The fourth-order valence-electron chi connectivity index (χ4n) is 3.08. The minimum atomic E-state index is -0.811. The fraction of sp³-hybridized carbons (Fsp3) is 0.500. The molecule has 4 amide bonds. The second-order valence-electron chi connectivity index (χ2n) is 6.97. The molecule has 2 rings (SSSR count). The van der Waals surface area contributed by atoms with E-state index in [1.165, 1.54) is 18.2 Å². The monoisotopic (exact) mass is 404 g/mol. The van der Waals surface area contributed by atoms with Gasteiger partial charge in [-0.2, -0.15) is 0 Å². The van der Waals surface area contributed by atoms with Gasteiger partial charge in [0.2, 0.25) is 11.8 Å². The lowest BCUT2D eigenvalue weighted by Crippen LogP contribution is -2.52. The molecule has 0 aromatic heterocycles. The molecule has 1 fully saturated rings. The van der Waals surface area contributed by atoms with Gasteiger partial charge in [0.15, 0.2) is 0 Å². The van der Waals surface area contributed by atoms with Crippen molar-refractivity contribution in [2.24, 2.45) is 5.73 Å². The van der Waals surface area contributed by atoms with Crippen molar-refractivity contribution >= 4 is 23.6 Å². The van der Waals surface area contributed by atoms with Gasteiger partial charge >= 0.3 is 0 Å². The number of hydrogen-bond donors (Lipinski definition) is 5. The summed E-state index contributed by atoms with van der Waals surface area (Å²) in [4.78, 5) is 47.8. The van der Waals surface area contributed by atoms with Crippen LogP contribution in [-0.4, -0.2) is 47.9 Å². The number of rotatable bonds is 10. The molecule has 0 aliphatic carbocycles. The molecule has 0 bridgehead atoms. The van der Waals surface area contributed by atoms with E-state index in [9.17, 15) is 24.3 Å². The van der Waals surface area contributed by atoms with Crippen LogP contribution in [0.25, 0.3) is 0 Å². The highest BCUT2D eigenvalue weighted by Crippen LogP contribution is 2.14. The number of aliphatic hydroxyl groups is 1. The number of imide groups is 1. The summed E-state index contributed by atoms with van der Waals surface area (Å²) in [5, 5.41) is 17.2. The highest BCUT2D eigenvalue weighted by atomic mass is 16.3. The molecule has 1 aliphatic rings. The number of carbonyl (C=O) groups excluding carboxylic acids is 4. The number of aliphatic hydroxyl groups excluding tert-OH is 1. The quantitative estimate of drug-likeness (QED) is 0.273. The molecule has 158 valence electrons. The van der Waals surface area contributed by atoms with Gasteiger partial charge in [0, 0.05) is 24.1 Å². The van der Waals surface area contributed by atoms with Crippen LogP contribution in [0.1, 0.15) is 64.8 Å². The second-order valence-corrected chi connectivity index (χ2v) is 6.97. The van der Waals surface area contributed by atoms with Gasteiger partial charge in [-0.15, -0.1) is 0 Å². The number of piperidine rings is 1. The molecular formula is C20H28N4O5. The molecule has 1 atom stereocenters. The third-order valence-corrected chi connectivity index (χ3v) is 4.74. The lowest BCUT2D eigenvalue weighted by Gasteiger charge is -2.22. The lowest BCUT2D eigenvalue weighted by atomic mass is 10.0. The number of unbranched alkanes of at least 4 members (excludes halogenated alkanes) is 3. The van der Waals surface area contributed by atoms with Crippen LogP contribution < -0.4 is 21.7 Å². The maximum Gasteiger partial charge on any atom is 0.252 e. The van der Waals surface area contributed by atoms with Crippen LogP contribution in [0.4, 0.5) is 0 Å². The molecule has 0 radical (unpaired) electrons. The Kier molecular flexibility index (Phi) is 8.75. The maximum absolute atomic E-state index is 12.5. The Morgan fingerprint density at radius 1 is 1.14 bits per heavy atom. The van der Waals surface area contributed by atoms with Gasteiger partial charge in [0.25, 0.3) is 11.8 Å². The molecule has 0 saturated carbocycles. The third kappa shape index (κ3) is 6.65. The summed E-state index contributed by atoms with van der Waals surface area (Å²) in [7, 11) is 0. The summed E-state index contributed by atoms with van der Waals surface area (Å²) in [6, 6.07) is 3.60. The topological polar surface area (TPSA) is 151 Å². The number of nitrogens with one attached hydrogen (secondary N) is 3. The smallest absolute Gasteiger partial charge is 0.252 e. The molecule has 1 unspecified atom stereocenters.